The molecule has 84 valence electrons. The first-order valence-corrected chi connectivity index (χ1v) is 6.19. The molecule has 0 amide bonds. The van der Waals surface area contributed by atoms with E-state index in [2.05, 4.69) is 42.3 Å². The van der Waals surface area contributed by atoms with Gasteiger partial charge in [-0.2, -0.15) is 0 Å². The number of thiazole rings is 1. The molecule has 0 aliphatic heterocycles. The van der Waals surface area contributed by atoms with E-state index in [4.69, 9.17) is 0 Å². The molecule has 1 N–H and O–H groups in total. The van der Waals surface area contributed by atoms with Crippen LogP contribution in [-0.2, 0) is 6.42 Å². The Morgan fingerprint density at radius 2 is 2.12 bits per heavy atom. The van der Waals surface area contributed by atoms with Gasteiger partial charge in [-0.25, -0.2) is 4.98 Å². The fourth-order valence-corrected chi connectivity index (χ4v) is 2.53. The van der Waals surface area contributed by atoms with Gasteiger partial charge in [-0.3, -0.25) is 0 Å². The minimum absolute atomic E-state index is 0.978. The summed E-state index contributed by atoms with van der Waals surface area (Å²) in [6, 6.07) is 6.61. The van der Waals surface area contributed by atoms with Crippen molar-refractivity contribution in [3.63, 3.8) is 0 Å². The molecule has 3 heteroatoms. The highest BCUT2D eigenvalue weighted by Gasteiger charge is 2.04. The molecule has 2 aromatic rings. The summed E-state index contributed by atoms with van der Waals surface area (Å²) < 4.78 is 0. The van der Waals surface area contributed by atoms with Crippen molar-refractivity contribution in [1.82, 2.24) is 4.98 Å². The topological polar surface area (TPSA) is 24.9 Å². The van der Waals surface area contributed by atoms with E-state index in [0.717, 1.165) is 11.6 Å². The lowest BCUT2D eigenvalue weighted by Gasteiger charge is -2.04. The molecule has 0 radical (unpaired) electrons. The van der Waals surface area contributed by atoms with Crippen molar-refractivity contribution in [1.29, 1.82) is 0 Å². The lowest BCUT2D eigenvalue weighted by atomic mass is 10.0. The van der Waals surface area contributed by atoms with Crippen molar-refractivity contribution < 1.29 is 0 Å². The first-order valence-electron chi connectivity index (χ1n) is 5.37. The van der Waals surface area contributed by atoms with Crippen LogP contribution in [0.3, 0.4) is 0 Å². The number of anilines is 1. The molecule has 0 fully saturated rings. The highest BCUT2D eigenvalue weighted by molar-refractivity contribution is 7.15. The average Bonchev–Trinajstić information content (AvgIpc) is 2.70. The molecule has 2 nitrogen and oxygen atoms in total. The van der Waals surface area contributed by atoms with E-state index in [1.54, 1.807) is 11.3 Å². The highest BCUT2D eigenvalue weighted by Crippen LogP contribution is 2.22. The molecule has 0 unspecified atom stereocenters. The van der Waals surface area contributed by atoms with Crippen LogP contribution >= 0.6 is 11.3 Å². The van der Waals surface area contributed by atoms with Gasteiger partial charge in [0.15, 0.2) is 5.13 Å². The largest absolute Gasteiger partial charge is 0.365 e. The second-order valence-corrected chi connectivity index (χ2v) is 5.10. The maximum Gasteiger partial charge on any atom is 0.182 e. The van der Waals surface area contributed by atoms with Crippen LogP contribution in [0.1, 0.15) is 21.6 Å². The summed E-state index contributed by atoms with van der Waals surface area (Å²) in [5.41, 5.74) is 4.07. The quantitative estimate of drug-likeness (QED) is 0.877. The Morgan fingerprint density at radius 3 is 2.75 bits per heavy atom. The third-order valence-corrected chi connectivity index (χ3v) is 3.65. The summed E-state index contributed by atoms with van der Waals surface area (Å²) in [5, 5.41) is 4.05. The van der Waals surface area contributed by atoms with Gasteiger partial charge in [0.25, 0.3) is 0 Å². The fraction of sp³-hybridized carbons (Fsp3) is 0.308. The Kier molecular flexibility index (Phi) is 3.25. The van der Waals surface area contributed by atoms with Gasteiger partial charge in [-0.15, -0.1) is 11.3 Å². The number of aromatic nitrogens is 1. The van der Waals surface area contributed by atoms with Gasteiger partial charge in [0.1, 0.15) is 0 Å². The number of benzene rings is 1. The SMILES string of the molecule is CNc1ncc(Cc2ccc(C)cc2C)s1. The molecular formula is C13H16N2S. The summed E-state index contributed by atoms with van der Waals surface area (Å²) in [5.74, 6) is 0. The van der Waals surface area contributed by atoms with Gasteiger partial charge in [0.05, 0.1) is 0 Å². The lowest BCUT2D eigenvalue weighted by molar-refractivity contribution is 1.17. The van der Waals surface area contributed by atoms with Gasteiger partial charge in [0, 0.05) is 24.5 Å². The molecule has 0 atom stereocenters. The van der Waals surface area contributed by atoms with Crippen molar-refractivity contribution in [3.8, 4) is 0 Å². The molecule has 1 aromatic carbocycles. The van der Waals surface area contributed by atoms with E-state index in [1.165, 1.54) is 21.6 Å². The normalized spacial score (nSPS) is 10.4. The smallest absolute Gasteiger partial charge is 0.182 e. The maximum absolute atomic E-state index is 4.29. The van der Waals surface area contributed by atoms with E-state index < -0.39 is 0 Å². The number of nitrogens with one attached hydrogen (secondary N) is 1. The predicted molar refractivity (Wildman–Crippen MR) is 70.4 cm³/mol. The van der Waals surface area contributed by atoms with Crippen LogP contribution in [0.25, 0.3) is 0 Å². The maximum atomic E-state index is 4.29. The van der Waals surface area contributed by atoms with Gasteiger partial charge >= 0.3 is 0 Å². The third kappa shape index (κ3) is 2.42. The Labute approximate surface area is 100 Å². The van der Waals surface area contributed by atoms with Gasteiger partial charge in [-0.1, -0.05) is 23.8 Å². The second kappa shape index (κ2) is 4.66. The van der Waals surface area contributed by atoms with E-state index >= 15 is 0 Å². The zero-order valence-corrected chi connectivity index (χ0v) is 10.7. The molecule has 0 bridgehead atoms. The molecule has 1 aromatic heterocycles. The third-order valence-electron chi connectivity index (χ3n) is 2.63. The monoisotopic (exact) mass is 232 g/mol. The molecule has 2 rings (SSSR count). The van der Waals surface area contributed by atoms with Crippen molar-refractivity contribution in [2.75, 3.05) is 12.4 Å². The predicted octanol–water partition coefficient (Wildman–Crippen LogP) is 3.39. The van der Waals surface area contributed by atoms with Crippen LogP contribution < -0.4 is 5.32 Å². The van der Waals surface area contributed by atoms with Crippen LogP contribution in [-0.4, -0.2) is 12.0 Å². The van der Waals surface area contributed by atoms with Gasteiger partial charge in [0.2, 0.25) is 0 Å². The van der Waals surface area contributed by atoms with E-state index in [1.807, 2.05) is 13.2 Å². The van der Waals surface area contributed by atoms with E-state index in [9.17, 15) is 0 Å². The zero-order chi connectivity index (χ0) is 11.5. The number of aryl methyl sites for hydroxylation is 2. The van der Waals surface area contributed by atoms with E-state index in [0.29, 0.717) is 0 Å². The first kappa shape index (κ1) is 11.1. The summed E-state index contributed by atoms with van der Waals surface area (Å²) in [6.07, 6.45) is 2.93. The minimum Gasteiger partial charge on any atom is -0.365 e. The number of rotatable bonds is 3. The fourth-order valence-electron chi connectivity index (χ4n) is 1.74. The molecule has 0 saturated carbocycles. The van der Waals surface area contributed by atoms with Gasteiger partial charge < -0.3 is 5.32 Å². The molecule has 1 heterocycles. The van der Waals surface area contributed by atoms with Crippen molar-refractivity contribution in [3.05, 3.63) is 46.0 Å². The first-order chi connectivity index (χ1) is 7.69. The summed E-state index contributed by atoms with van der Waals surface area (Å²) >= 11 is 1.72. The van der Waals surface area contributed by atoms with Crippen molar-refractivity contribution in [2.24, 2.45) is 0 Å². The Bertz CT molecular complexity index is 488. The minimum atomic E-state index is 0.978. The van der Waals surface area contributed by atoms with Crippen LogP contribution in [0.4, 0.5) is 5.13 Å². The standard InChI is InChI=1S/C13H16N2S/c1-9-4-5-11(10(2)6-9)7-12-8-15-13(14-3)16-12/h4-6,8H,7H2,1-3H3,(H,14,15). The Hall–Kier alpha value is -1.35. The highest BCUT2D eigenvalue weighted by atomic mass is 32.1. The molecule has 0 saturated heterocycles. The molecule has 16 heavy (non-hydrogen) atoms. The summed E-state index contributed by atoms with van der Waals surface area (Å²) in [7, 11) is 1.90. The van der Waals surface area contributed by atoms with Crippen molar-refractivity contribution in [2.45, 2.75) is 20.3 Å². The number of hydrogen-bond acceptors (Lipinski definition) is 3. The van der Waals surface area contributed by atoms with Crippen LogP contribution in [0, 0.1) is 13.8 Å². The molecule has 0 spiro atoms. The van der Waals surface area contributed by atoms with Crippen LogP contribution in [0.5, 0.6) is 0 Å². The van der Waals surface area contributed by atoms with Crippen LogP contribution in [0.15, 0.2) is 24.4 Å². The number of nitrogens with zero attached hydrogens (tertiary/aromatic N) is 1. The molecular weight excluding hydrogens is 216 g/mol. The van der Waals surface area contributed by atoms with Crippen LogP contribution in [0.2, 0.25) is 0 Å². The Morgan fingerprint density at radius 1 is 1.31 bits per heavy atom. The number of hydrogen-bond donors (Lipinski definition) is 1. The zero-order valence-electron chi connectivity index (χ0n) is 9.87. The van der Waals surface area contributed by atoms with E-state index in [-0.39, 0.29) is 0 Å². The molecule has 0 aliphatic carbocycles. The van der Waals surface area contributed by atoms with Crippen molar-refractivity contribution >= 4 is 16.5 Å². The summed E-state index contributed by atoms with van der Waals surface area (Å²) in [6.45, 7) is 4.30. The summed E-state index contributed by atoms with van der Waals surface area (Å²) in [4.78, 5) is 5.59. The average molecular weight is 232 g/mol. The second-order valence-electron chi connectivity index (χ2n) is 3.99. The Balaban J connectivity index is 2.20. The van der Waals surface area contributed by atoms with Gasteiger partial charge in [-0.05, 0) is 25.0 Å². The molecule has 0 aliphatic rings. The lowest BCUT2D eigenvalue weighted by Crippen LogP contribution is -1.90.